The van der Waals surface area contributed by atoms with Crippen molar-refractivity contribution in [1.29, 1.82) is 0 Å². The molecule has 0 spiro atoms. The van der Waals surface area contributed by atoms with Gasteiger partial charge in [-0.2, -0.15) is 0 Å². The first kappa shape index (κ1) is 19.4. The van der Waals surface area contributed by atoms with Crippen LogP contribution in [0, 0.1) is 0 Å². The molecule has 0 heterocycles. The third kappa shape index (κ3) is 9.13. The number of carboxylic acid groups (broad SMARTS) is 3. The van der Waals surface area contributed by atoms with Crippen LogP contribution in [0.25, 0.3) is 0 Å². The summed E-state index contributed by atoms with van der Waals surface area (Å²) in [6.45, 7) is 1.22. The van der Waals surface area contributed by atoms with Crippen LogP contribution in [-0.4, -0.2) is 84.8 Å². The smallest absolute Gasteiger partial charge is 0.478 e. The van der Waals surface area contributed by atoms with Crippen LogP contribution < -0.4 is 4.74 Å². The molecule has 1 aromatic carbocycles. The second-order valence-electron chi connectivity index (χ2n) is 2.68. The molecular formula is C10H10KO7. The molecular weight excluding hydrogens is 271 g/mol. The fourth-order valence-electron chi connectivity index (χ4n) is 0.887. The molecule has 0 bridgehead atoms. The van der Waals surface area contributed by atoms with Crippen molar-refractivity contribution in [2.45, 2.75) is 6.92 Å². The van der Waals surface area contributed by atoms with E-state index in [0.29, 0.717) is 0 Å². The summed E-state index contributed by atoms with van der Waals surface area (Å²) in [5.41, 5.74) is -0.0160. The van der Waals surface area contributed by atoms with Gasteiger partial charge in [-0.15, -0.1) is 0 Å². The number of carbonyl (C=O) groups is 3. The van der Waals surface area contributed by atoms with Crippen LogP contribution in [0.1, 0.15) is 17.3 Å². The van der Waals surface area contributed by atoms with E-state index in [9.17, 15) is 9.59 Å². The zero-order valence-electron chi connectivity index (χ0n) is 9.78. The van der Waals surface area contributed by atoms with Crippen LogP contribution in [0.3, 0.4) is 0 Å². The molecule has 0 fully saturated rings. The van der Waals surface area contributed by atoms with E-state index in [1.165, 1.54) is 19.1 Å². The summed E-state index contributed by atoms with van der Waals surface area (Å²) >= 11 is 0. The fourth-order valence-corrected chi connectivity index (χ4v) is 0.887. The molecule has 1 rings (SSSR count). The second kappa shape index (κ2) is 10.0. The molecule has 0 aliphatic carbocycles. The standard InChI is InChI=1S/C9H8O4.CH2O3.K/c1-6(10)13-8-5-3-2-4-7(8)9(11)12;2-1(3)4;/h2-5H,1H3,(H,11,12);(H2,2,3,4);. The minimum atomic E-state index is -1.83. The largest absolute Gasteiger partial charge is 0.503 e. The van der Waals surface area contributed by atoms with Crippen molar-refractivity contribution in [2.24, 2.45) is 0 Å². The molecule has 0 saturated carbocycles. The Bertz CT molecular complexity index is 426. The number of aromatic carboxylic acids is 1. The van der Waals surface area contributed by atoms with Crippen LogP contribution in [0.4, 0.5) is 4.79 Å². The van der Waals surface area contributed by atoms with E-state index in [2.05, 4.69) is 4.74 Å². The van der Waals surface area contributed by atoms with Crippen molar-refractivity contribution in [2.75, 3.05) is 0 Å². The van der Waals surface area contributed by atoms with E-state index in [1.54, 1.807) is 12.1 Å². The number of hydrogen-bond donors (Lipinski definition) is 3. The van der Waals surface area contributed by atoms with Gasteiger partial charge in [0.05, 0.1) is 0 Å². The van der Waals surface area contributed by atoms with Crippen molar-refractivity contribution in [3.8, 4) is 5.75 Å². The predicted octanol–water partition coefficient (Wildman–Crippen LogP) is 1.15. The molecule has 1 radical (unpaired) electrons. The summed E-state index contributed by atoms with van der Waals surface area (Å²) in [5.74, 6) is -1.58. The molecule has 0 atom stereocenters. The molecule has 0 aromatic heterocycles. The Balaban J connectivity index is 0. The van der Waals surface area contributed by atoms with Crippen LogP contribution in [0.5, 0.6) is 5.75 Å². The van der Waals surface area contributed by atoms with Gasteiger partial charge in [-0.25, -0.2) is 9.59 Å². The third-order valence-electron chi connectivity index (χ3n) is 1.37. The average Bonchev–Trinajstić information content (AvgIpc) is 2.16. The van der Waals surface area contributed by atoms with Crippen LogP contribution >= 0.6 is 0 Å². The topological polar surface area (TPSA) is 121 Å². The van der Waals surface area contributed by atoms with E-state index >= 15 is 0 Å². The maximum absolute atomic E-state index is 10.6. The third-order valence-corrected chi connectivity index (χ3v) is 1.37. The van der Waals surface area contributed by atoms with Crippen molar-refractivity contribution < 1.29 is 34.4 Å². The van der Waals surface area contributed by atoms with Gasteiger partial charge in [0.1, 0.15) is 11.3 Å². The van der Waals surface area contributed by atoms with E-state index in [-0.39, 0.29) is 62.7 Å². The minimum absolute atomic E-state index is 0. The van der Waals surface area contributed by atoms with Gasteiger partial charge in [0, 0.05) is 58.3 Å². The molecule has 0 aliphatic heterocycles. The Morgan fingerprint density at radius 3 is 1.89 bits per heavy atom. The van der Waals surface area contributed by atoms with Gasteiger partial charge in [0.2, 0.25) is 0 Å². The van der Waals surface area contributed by atoms with Gasteiger partial charge in [0.25, 0.3) is 0 Å². The van der Waals surface area contributed by atoms with Gasteiger partial charge >= 0.3 is 18.1 Å². The number of ether oxygens (including phenoxy) is 1. The van der Waals surface area contributed by atoms with Crippen molar-refractivity contribution >= 4 is 69.5 Å². The Hall–Kier alpha value is -0.934. The van der Waals surface area contributed by atoms with Crippen LogP contribution in [0.15, 0.2) is 24.3 Å². The maximum Gasteiger partial charge on any atom is 0.503 e. The van der Waals surface area contributed by atoms with Gasteiger partial charge in [-0.05, 0) is 12.1 Å². The summed E-state index contributed by atoms with van der Waals surface area (Å²) in [7, 11) is 0. The Kier molecular flexibility index (Phi) is 10.8. The average molecular weight is 281 g/mol. The van der Waals surface area contributed by atoms with E-state index in [1.807, 2.05) is 0 Å². The number of hydrogen-bond acceptors (Lipinski definition) is 4. The molecule has 3 N–H and O–H groups in total. The van der Waals surface area contributed by atoms with Gasteiger partial charge in [-0.1, -0.05) is 12.1 Å². The molecule has 0 saturated heterocycles. The quantitative estimate of drug-likeness (QED) is 0.422. The first-order chi connectivity index (χ1) is 7.84. The van der Waals surface area contributed by atoms with Gasteiger partial charge in [-0.3, -0.25) is 4.79 Å². The van der Waals surface area contributed by atoms with Gasteiger partial charge in [0.15, 0.2) is 0 Å². The van der Waals surface area contributed by atoms with Gasteiger partial charge < -0.3 is 20.1 Å². The Morgan fingerprint density at radius 2 is 1.50 bits per heavy atom. The molecule has 18 heavy (non-hydrogen) atoms. The van der Waals surface area contributed by atoms with Crippen molar-refractivity contribution in [3.05, 3.63) is 29.8 Å². The van der Waals surface area contributed by atoms with Crippen LogP contribution in [-0.2, 0) is 4.79 Å². The molecule has 93 valence electrons. The first-order valence-corrected chi connectivity index (χ1v) is 4.27. The first-order valence-electron chi connectivity index (χ1n) is 4.27. The van der Waals surface area contributed by atoms with E-state index in [4.69, 9.17) is 20.1 Å². The summed E-state index contributed by atoms with van der Waals surface area (Å²) in [6, 6.07) is 5.98. The Morgan fingerprint density at radius 1 is 1.06 bits per heavy atom. The number of para-hydroxylation sites is 1. The number of rotatable bonds is 2. The summed E-state index contributed by atoms with van der Waals surface area (Å²) < 4.78 is 4.69. The molecule has 0 aliphatic rings. The van der Waals surface area contributed by atoms with Crippen molar-refractivity contribution in [3.63, 3.8) is 0 Å². The number of carbonyl (C=O) groups excluding carboxylic acids is 1. The minimum Gasteiger partial charge on any atom is -0.478 e. The number of benzene rings is 1. The number of esters is 1. The fraction of sp³-hybridized carbons (Fsp3) is 0.100. The van der Waals surface area contributed by atoms with E-state index < -0.39 is 18.1 Å². The molecule has 7 nitrogen and oxygen atoms in total. The summed E-state index contributed by atoms with van der Waals surface area (Å²) in [4.78, 5) is 29.7. The summed E-state index contributed by atoms with van der Waals surface area (Å²) in [5, 5.41) is 22.6. The van der Waals surface area contributed by atoms with Crippen LogP contribution in [0.2, 0.25) is 0 Å². The maximum atomic E-state index is 10.6. The number of carboxylic acids is 1. The molecule has 0 unspecified atom stereocenters. The van der Waals surface area contributed by atoms with E-state index in [0.717, 1.165) is 0 Å². The monoisotopic (exact) mass is 281 g/mol. The molecule has 8 heteroatoms. The summed E-state index contributed by atoms with van der Waals surface area (Å²) in [6.07, 6.45) is -1.83. The predicted molar refractivity (Wildman–Crippen MR) is 61.1 cm³/mol. The zero-order chi connectivity index (χ0) is 13.4. The molecule has 0 amide bonds. The zero-order valence-corrected chi connectivity index (χ0v) is 12.9. The second-order valence-corrected chi connectivity index (χ2v) is 2.68. The van der Waals surface area contributed by atoms with Crippen molar-refractivity contribution in [1.82, 2.24) is 0 Å². The Labute approximate surface area is 145 Å². The normalized spacial score (nSPS) is 8.06. The SMILES string of the molecule is CC(=O)Oc1ccccc1C(=O)O.O=C(O)O.[K]. The molecule has 1 aromatic rings.